The number of hydrogen-bond donors (Lipinski definition) is 1. The lowest BCUT2D eigenvalue weighted by Crippen LogP contribution is -2.44. The summed E-state index contributed by atoms with van der Waals surface area (Å²) in [5, 5.41) is 2.14. The molecule has 0 amide bonds. The van der Waals surface area contributed by atoms with Gasteiger partial charge in [0, 0.05) is 30.6 Å². The van der Waals surface area contributed by atoms with E-state index in [0.29, 0.717) is 6.54 Å². The minimum atomic E-state index is -3.08. The van der Waals surface area contributed by atoms with Gasteiger partial charge in [0.25, 0.3) is 0 Å². The monoisotopic (exact) mass is 288 g/mol. The Morgan fingerprint density at radius 1 is 1.56 bits per heavy atom. The van der Waals surface area contributed by atoms with Crippen molar-refractivity contribution in [1.29, 1.82) is 0 Å². The third-order valence-corrected chi connectivity index (χ3v) is 5.83. The first kappa shape index (κ1) is 14.0. The molecular weight excluding hydrogens is 268 g/mol. The fraction of sp³-hybridized carbons (Fsp3) is 0.667. The van der Waals surface area contributed by atoms with Crippen molar-refractivity contribution in [2.45, 2.75) is 32.9 Å². The highest BCUT2D eigenvalue weighted by atomic mass is 32.2. The number of fused-ring (bicyclic) bond motifs is 1. The highest BCUT2D eigenvalue weighted by Gasteiger charge is 2.22. The quantitative estimate of drug-likeness (QED) is 0.892. The number of thiophene rings is 1. The van der Waals surface area contributed by atoms with Crippen molar-refractivity contribution in [1.82, 2.24) is 9.62 Å². The van der Waals surface area contributed by atoms with Crippen molar-refractivity contribution in [2.24, 2.45) is 0 Å². The Balaban J connectivity index is 1.90. The first-order chi connectivity index (χ1) is 8.52. The van der Waals surface area contributed by atoms with E-state index in [4.69, 9.17) is 0 Å². The number of rotatable bonds is 5. The lowest BCUT2D eigenvalue weighted by molar-refractivity contribution is 0.193. The van der Waals surface area contributed by atoms with E-state index >= 15 is 0 Å². The molecule has 1 atom stereocenters. The zero-order valence-corrected chi connectivity index (χ0v) is 12.5. The van der Waals surface area contributed by atoms with E-state index in [2.05, 4.69) is 28.0 Å². The highest BCUT2D eigenvalue weighted by Crippen LogP contribution is 2.24. The van der Waals surface area contributed by atoms with E-state index in [-0.39, 0.29) is 11.8 Å². The number of hydrogen-bond acceptors (Lipinski definition) is 4. The number of nitrogens with one attached hydrogen (secondary N) is 1. The van der Waals surface area contributed by atoms with Crippen LogP contribution < -0.4 is 4.72 Å². The summed E-state index contributed by atoms with van der Waals surface area (Å²) in [6, 6.07) is 2.41. The van der Waals surface area contributed by atoms with E-state index in [0.717, 1.165) is 19.5 Å². The average Bonchev–Trinajstić information content (AvgIpc) is 2.83. The summed E-state index contributed by atoms with van der Waals surface area (Å²) < 4.78 is 25.5. The van der Waals surface area contributed by atoms with Crippen LogP contribution in [-0.2, 0) is 23.0 Å². The molecule has 1 aromatic rings. The normalized spacial score (nSPS) is 18.6. The van der Waals surface area contributed by atoms with Gasteiger partial charge in [-0.15, -0.1) is 11.3 Å². The van der Waals surface area contributed by atoms with Gasteiger partial charge in [0.15, 0.2) is 0 Å². The molecule has 0 aliphatic carbocycles. The van der Waals surface area contributed by atoms with Crippen molar-refractivity contribution in [3.8, 4) is 0 Å². The van der Waals surface area contributed by atoms with E-state index in [9.17, 15) is 8.42 Å². The minimum Gasteiger partial charge on any atom is -0.295 e. The van der Waals surface area contributed by atoms with Crippen molar-refractivity contribution in [3.63, 3.8) is 0 Å². The molecule has 4 nitrogen and oxygen atoms in total. The van der Waals surface area contributed by atoms with Crippen molar-refractivity contribution >= 4 is 21.4 Å². The molecule has 6 heteroatoms. The summed E-state index contributed by atoms with van der Waals surface area (Å²) >= 11 is 1.82. The summed E-state index contributed by atoms with van der Waals surface area (Å²) in [7, 11) is -3.08. The Morgan fingerprint density at radius 3 is 3.06 bits per heavy atom. The summed E-state index contributed by atoms with van der Waals surface area (Å²) in [6.45, 7) is 6.19. The van der Waals surface area contributed by atoms with Crippen molar-refractivity contribution < 1.29 is 8.42 Å². The molecule has 2 heterocycles. The molecule has 0 saturated heterocycles. The summed E-state index contributed by atoms with van der Waals surface area (Å²) in [4.78, 5) is 3.82. The molecule has 1 aliphatic rings. The molecule has 0 radical (unpaired) electrons. The molecule has 1 aromatic heterocycles. The van der Waals surface area contributed by atoms with Crippen molar-refractivity contribution in [3.05, 3.63) is 21.9 Å². The van der Waals surface area contributed by atoms with Gasteiger partial charge in [-0.25, -0.2) is 13.1 Å². The molecule has 0 spiro atoms. The van der Waals surface area contributed by atoms with Crippen LogP contribution in [0.15, 0.2) is 11.4 Å². The topological polar surface area (TPSA) is 49.4 Å². The van der Waals surface area contributed by atoms with Crippen LogP contribution in [0.25, 0.3) is 0 Å². The van der Waals surface area contributed by atoms with Crippen LogP contribution in [-0.4, -0.2) is 38.2 Å². The summed E-state index contributed by atoms with van der Waals surface area (Å²) in [5.41, 5.74) is 1.40. The Hall–Kier alpha value is -0.430. The molecule has 1 aliphatic heterocycles. The number of nitrogens with zero attached hydrogens (tertiary/aromatic N) is 1. The largest absolute Gasteiger partial charge is 0.295 e. The third kappa shape index (κ3) is 3.32. The Kier molecular flexibility index (Phi) is 4.42. The summed E-state index contributed by atoms with van der Waals surface area (Å²) in [6.07, 6.45) is 1.08. The van der Waals surface area contributed by atoms with Gasteiger partial charge in [0.2, 0.25) is 10.0 Å². The lowest BCUT2D eigenvalue weighted by Gasteiger charge is -2.32. The first-order valence-electron chi connectivity index (χ1n) is 6.28. The Morgan fingerprint density at radius 2 is 2.33 bits per heavy atom. The standard InChI is InChI=1S/C12H20N2O2S2/c1-3-18(15,16)13-8-10(2)14-6-4-12-11(9-14)5-7-17-12/h5,7,10,13H,3-4,6,8-9H2,1-2H3. The van der Waals surface area contributed by atoms with Crippen LogP contribution in [0.4, 0.5) is 0 Å². The van der Waals surface area contributed by atoms with Crippen LogP contribution in [0.3, 0.4) is 0 Å². The highest BCUT2D eigenvalue weighted by molar-refractivity contribution is 7.89. The molecule has 0 bridgehead atoms. The Bertz CT molecular complexity index is 496. The van der Waals surface area contributed by atoms with Crippen molar-refractivity contribution in [2.75, 3.05) is 18.8 Å². The van der Waals surface area contributed by atoms with Gasteiger partial charge >= 0.3 is 0 Å². The SMILES string of the molecule is CCS(=O)(=O)NCC(C)N1CCc2sccc2C1. The van der Waals surface area contributed by atoms with Gasteiger partial charge in [-0.3, -0.25) is 4.90 Å². The van der Waals surface area contributed by atoms with Crippen LogP contribution in [0.1, 0.15) is 24.3 Å². The van der Waals surface area contributed by atoms with Gasteiger partial charge in [0.05, 0.1) is 5.75 Å². The second kappa shape index (κ2) is 5.69. The maximum absolute atomic E-state index is 11.4. The molecule has 0 fully saturated rings. The lowest BCUT2D eigenvalue weighted by atomic mass is 10.1. The maximum Gasteiger partial charge on any atom is 0.211 e. The number of sulfonamides is 1. The molecule has 0 saturated carbocycles. The second-order valence-corrected chi connectivity index (χ2v) is 7.79. The smallest absolute Gasteiger partial charge is 0.211 e. The predicted octanol–water partition coefficient (Wildman–Crippen LogP) is 1.43. The minimum absolute atomic E-state index is 0.147. The summed E-state index contributed by atoms with van der Waals surface area (Å²) in [5.74, 6) is 0.147. The predicted molar refractivity (Wildman–Crippen MR) is 75.4 cm³/mol. The van der Waals surface area contributed by atoms with E-state index < -0.39 is 10.0 Å². The average molecular weight is 288 g/mol. The maximum atomic E-state index is 11.4. The zero-order chi connectivity index (χ0) is 13.2. The van der Waals surface area contributed by atoms with Gasteiger partial charge in [-0.1, -0.05) is 0 Å². The van der Waals surface area contributed by atoms with E-state index in [1.807, 2.05) is 11.3 Å². The van der Waals surface area contributed by atoms with Gasteiger partial charge in [0.1, 0.15) is 0 Å². The Labute approximate surface area is 113 Å². The fourth-order valence-corrected chi connectivity index (χ4v) is 3.71. The first-order valence-corrected chi connectivity index (χ1v) is 8.81. The van der Waals surface area contributed by atoms with Gasteiger partial charge in [-0.05, 0) is 37.3 Å². The fourth-order valence-electron chi connectivity index (χ4n) is 2.13. The van der Waals surface area contributed by atoms with E-state index in [1.54, 1.807) is 6.92 Å². The molecule has 1 N–H and O–H groups in total. The molecule has 1 unspecified atom stereocenters. The zero-order valence-electron chi connectivity index (χ0n) is 10.8. The van der Waals surface area contributed by atoms with E-state index in [1.165, 1.54) is 10.4 Å². The molecular formula is C12H20N2O2S2. The molecule has 2 rings (SSSR count). The molecule has 18 heavy (non-hydrogen) atoms. The van der Waals surface area contributed by atoms with Crippen LogP contribution in [0.5, 0.6) is 0 Å². The molecule has 0 aromatic carbocycles. The van der Waals surface area contributed by atoms with Gasteiger partial charge < -0.3 is 0 Å². The van der Waals surface area contributed by atoms with Gasteiger partial charge in [-0.2, -0.15) is 0 Å². The van der Waals surface area contributed by atoms with Crippen LogP contribution in [0, 0.1) is 0 Å². The molecule has 102 valence electrons. The van der Waals surface area contributed by atoms with Crippen LogP contribution >= 0.6 is 11.3 Å². The third-order valence-electron chi connectivity index (χ3n) is 3.44. The second-order valence-electron chi connectivity index (χ2n) is 4.69. The van der Waals surface area contributed by atoms with Crippen LogP contribution in [0.2, 0.25) is 0 Å².